The second-order valence-corrected chi connectivity index (χ2v) is 4.52. The van der Waals surface area contributed by atoms with Crippen molar-refractivity contribution in [1.82, 2.24) is 0 Å². The summed E-state index contributed by atoms with van der Waals surface area (Å²) >= 11 is 0. The molecule has 0 saturated carbocycles. The van der Waals surface area contributed by atoms with Crippen LogP contribution >= 0.6 is 0 Å². The Morgan fingerprint density at radius 3 is 3.00 bits per heavy atom. The molecule has 0 aromatic heterocycles. The molecule has 2 heterocycles. The smallest absolute Gasteiger partial charge is 0.338 e. The first kappa shape index (κ1) is 10.6. The van der Waals surface area contributed by atoms with Crippen LogP contribution in [-0.4, -0.2) is 25.8 Å². The van der Waals surface area contributed by atoms with Crippen molar-refractivity contribution in [2.45, 2.75) is 18.6 Å². The van der Waals surface area contributed by atoms with Gasteiger partial charge in [0.15, 0.2) is 6.10 Å². The molecule has 1 spiro atoms. The second-order valence-electron chi connectivity index (χ2n) is 4.52. The van der Waals surface area contributed by atoms with Gasteiger partial charge in [0.2, 0.25) is 0 Å². The second kappa shape index (κ2) is 3.47. The third-order valence-corrected chi connectivity index (χ3v) is 3.59. The van der Waals surface area contributed by atoms with Gasteiger partial charge in [-0.1, -0.05) is 25.1 Å². The summed E-state index contributed by atoms with van der Waals surface area (Å²) in [6.45, 7) is 2.59. The molecule has 2 aliphatic rings. The van der Waals surface area contributed by atoms with E-state index in [9.17, 15) is 4.79 Å². The van der Waals surface area contributed by atoms with Gasteiger partial charge in [0.05, 0.1) is 13.7 Å². The third-order valence-electron chi connectivity index (χ3n) is 3.59. The lowest BCUT2D eigenvalue weighted by Gasteiger charge is -2.29. The highest BCUT2D eigenvalue weighted by molar-refractivity contribution is 5.80. The Morgan fingerprint density at radius 2 is 2.24 bits per heavy atom. The van der Waals surface area contributed by atoms with Gasteiger partial charge in [-0.05, 0) is 6.07 Å². The summed E-state index contributed by atoms with van der Waals surface area (Å²) in [4.78, 5) is 11.6. The molecule has 0 amide bonds. The number of epoxide rings is 1. The number of hydrogen-bond donors (Lipinski definition) is 0. The average molecular weight is 234 g/mol. The van der Waals surface area contributed by atoms with Crippen LogP contribution in [-0.2, 0) is 19.9 Å². The Kier molecular flexibility index (Phi) is 2.16. The molecule has 1 aromatic carbocycles. The van der Waals surface area contributed by atoms with Gasteiger partial charge < -0.3 is 14.2 Å². The minimum atomic E-state index is -0.540. The van der Waals surface area contributed by atoms with E-state index in [1.807, 2.05) is 31.2 Å². The SMILES string of the molecule is COC(=O)C1OC12c1ccccc1OCC2C. The van der Waals surface area contributed by atoms with Gasteiger partial charge in [-0.2, -0.15) is 0 Å². The molecule has 4 heteroatoms. The fourth-order valence-corrected chi connectivity index (χ4v) is 2.59. The monoisotopic (exact) mass is 234 g/mol. The standard InChI is InChI=1S/C13H14O4/c1-8-7-16-10-6-4-3-5-9(10)13(8)11(17-13)12(14)15-2/h3-6,8,11H,7H2,1-2H3. The van der Waals surface area contributed by atoms with E-state index in [1.165, 1.54) is 7.11 Å². The van der Waals surface area contributed by atoms with Crippen molar-refractivity contribution < 1.29 is 19.0 Å². The molecule has 2 aliphatic heterocycles. The summed E-state index contributed by atoms with van der Waals surface area (Å²) in [5, 5.41) is 0. The van der Waals surface area contributed by atoms with E-state index in [1.54, 1.807) is 0 Å². The first-order valence-corrected chi connectivity index (χ1v) is 5.68. The maximum atomic E-state index is 11.6. The van der Waals surface area contributed by atoms with E-state index in [2.05, 4.69) is 0 Å². The zero-order valence-electron chi connectivity index (χ0n) is 9.80. The zero-order valence-corrected chi connectivity index (χ0v) is 9.80. The molecule has 17 heavy (non-hydrogen) atoms. The number of carbonyl (C=O) groups is 1. The molecule has 3 atom stereocenters. The summed E-state index contributed by atoms with van der Waals surface area (Å²) in [6, 6.07) is 7.70. The van der Waals surface area contributed by atoms with Gasteiger partial charge in [0.1, 0.15) is 11.4 Å². The van der Waals surface area contributed by atoms with Gasteiger partial charge in [0.25, 0.3) is 0 Å². The van der Waals surface area contributed by atoms with E-state index in [-0.39, 0.29) is 11.9 Å². The molecule has 1 aromatic rings. The number of rotatable bonds is 1. The maximum absolute atomic E-state index is 11.6. The number of esters is 1. The van der Waals surface area contributed by atoms with E-state index in [4.69, 9.17) is 14.2 Å². The van der Waals surface area contributed by atoms with Crippen LogP contribution in [0.3, 0.4) is 0 Å². The van der Waals surface area contributed by atoms with Gasteiger partial charge in [-0.25, -0.2) is 4.79 Å². The maximum Gasteiger partial charge on any atom is 0.338 e. The van der Waals surface area contributed by atoms with Crippen LogP contribution in [0.4, 0.5) is 0 Å². The van der Waals surface area contributed by atoms with Gasteiger partial charge in [0, 0.05) is 11.5 Å². The van der Waals surface area contributed by atoms with E-state index in [0.29, 0.717) is 6.61 Å². The Morgan fingerprint density at radius 1 is 1.47 bits per heavy atom. The molecule has 0 aliphatic carbocycles. The highest BCUT2D eigenvalue weighted by atomic mass is 16.7. The normalized spacial score (nSPS) is 33.8. The lowest BCUT2D eigenvalue weighted by atomic mass is 9.82. The summed E-state index contributed by atoms with van der Waals surface area (Å²) in [5.74, 6) is 0.632. The Balaban J connectivity index is 2.03. The predicted octanol–water partition coefficient (Wildman–Crippen LogP) is 1.48. The Hall–Kier alpha value is -1.55. The van der Waals surface area contributed by atoms with Crippen molar-refractivity contribution in [3.05, 3.63) is 29.8 Å². The van der Waals surface area contributed by atoms with Crippen LogP contribution in [0.25, 0.3) is 0 Å². The van der Waals surface area contributed by atoms with E-state index >= 15 is 0 Å². The fraction of sp³-hybridized carbons (Fsp3) is 0.462. The minimum Gasteiger partial charge on any atom is -0.493 e. The number of benzene rings is 1. The highest BCUT2D eigenvalue weighted by Gasteiger charge is 2.67. The van der Waals surface area contributed by atoms with Gasteiger partial charge >= 0.3 is 5.97 Å². The van der Waals surface area contributed by atoms with Crippen LogP contribution in [0, 0.1) is 5.92 Å². The predicted molar refractivity (Wildman–Crippen MR) is 59.7 cm³/mol. The highest BCUT2D eigenvalue weighted by Crippen LogP contribution is 2.57. The third kappa shape index (κ3) is 1.30. The molecular formula is C13H14O4. The van der Waals surface area contributed by atoms with Crippen molar-refractivity contribution in [3.63, 3.8) is 0 Å². The Bertz CT molecular complexity index is 470. The average Bonchev–Trinajstić information content (AvgIpc) is 3.10. The molecule has 0 bridgehead atoms. The van der Waals surface area contributed by atoms with Crippen LogP contribution in [0.1, 0.15) is 12.5 Å². The van der Waals surface area contributed by atoms with Crippen LogP contribution in [0.5, 0.6) is 5.75 Å². The first-order chi connectivity index (χ1) is 8.20. The number of para-hydroxylation sites is 1. The molecular weight excluding hydrogens is 220 g/mol. The Labute approximate surface area is 99.5 Å². The molecule has 90 valence electrons. The molecule has 4 nitrogen and oxygen atoms in total. The minimum absolute atomic E-state index is 0.140. The summed E-state index contributed by atoms with van der Waals surface area (Å²) in [5.41, 5.74) is 0.413. The fourth-order valence-electron chi connectivity index (χ4n) is 2.59. The lowest BCUT2D eigenvalue weighted by molar-refractivity contribution is -0.142. The molecule has 0 radical (unpaired) electrons. The van der Waals surface area contributed by atoms with Gasteiger partial charge in [-0.15, -0.1) is 0 Å². The molecule has 3 rings (SSSR count). The van der Waals surface area contributed by atoms with Crippen molar-refractivity contribution in [3.8, 4) is 5.75 Å². The largest absolute Gasteiger partial charge is 0.493 e. The van der Waals surface area contributed by atoms with Crippen molar-refractivity contribution in [1.29, 1.82) is 0 Å². The molecule has 1 fully saturated rings. The van der Waals surface area contributed by atoms with E-state index in [0.717, 1.165) is 11.3 Å². The lowest BCUT2D eigenvalue weighted by Crippen LogP contribution is -2.34. The number of methoxy groups -OCH3 is 1. The molecule has 0 N–H and O–H groups in total. The van der Waals surface area contributed by atoms with Gasteiger partial charge in [-0.3, -0.25) is 0 Å². The number of ether oxygens (including phenoxy) is 3. The topological polar surface area (TPSA) is 48.1 Å². The van der Waals surface area contributed by atoms with E-state index < -0.39 is 11.7 Å². The number of fused-ring (bicyclic) bond motifs is 2. The summed E-state index contributed by atoms with van der Waals surface area (Å²) in [6.07, 6.45) is -0.493. The van der Waals surface area contributed by atoms with Crippen molar-refractivity contribution >= 4 is 5.97 Å². The van der Waals surface area contributed by atoms with Crippen molar-refractivity contribution in [2.75, 3.05) is 13.7 Å². The first-order valence-electron chi connectivity index (χ1n) is 5.68. The molecule has 1 saturated heterocycles. The van der Waals surface area contributed by atoms with Crippen molar-refractivity contribution in [2.24, 2.45) is 5.92 Å². The van der Waals surface area contributed by atoms with Crippen LogP contribution < -0.4 is 4.74 Å². The zero-order chi connectivity index (χ0) is 12.0. The summed E-state index contributed by atoms with van der Waals surface area (Å²) in [7, 11) is 1.38. The van der Waals surface area contributed by atoms with Crippen LogP contribution in [0.15, 0.2) is 24.3 Å². The van der Waals surface area contributed by atoms with Crippen LogP contribution in [0.2, 0.25) is 0 Å². The number of carbonyl (C=O) groups excluding carboxylic acids is 1. The number of hydrogen-bond acceptors (Lipinski definition) is 4. The molecule has 3 unspecified atom stereocenters. The quantitative estimate of drug-likeness (QED) is 0.545. The summed E-state index contributed by atoms with van der Waals surface area (Å²) < 4.78 is 16.1.